The third kappa shape index (κ3) is 4.22. The summed E-state index contributed by atoms with van der Waals surface area (Å²) in [6.45, 7) is 0. The van der Waals surface area contributed by atoms with E-state index in [2.05, 4.69) is 4.72 Å². The Labute approximate surface area is 54.2 Å². The number of carboxylic acids is 1. The Bertz CT molecular complexity index is 114. The summed E-state index contributed by atoms with van der Waals surface area (Å²) in [5.74, 6) is -1.88. The maximum absolute atomic E-state index is 9.83. The number of aliphatic carboxylic acids is 1. The fourth-order valence-electron chi connectivity index (χ4n) is 0.244. The van der Waals surface area contributed by atoms with Gasteiger partial charge >= 0.3 is 5.97 Å². The van der Waals surface area contributed by atoms with Crippen LogP contribution >= 0.6 is 10.8 Å². The van der Waals surface area contributed by atoms with Crippen molar-refractivity contribution < 1.29 is 19.0 Å². The summed E-state index contributed by atoms with van der Waals surface area (Å²) in [5, 5.41) is 8.04. The van der Waals surface area contributed by atoms with E-state index in [0.717, 1.165) is 0 Å². The van der Waals surface area contributed by atoms with Gasteiger partial charge in [-0.15, -0.1) is 10.8 Å². The molecule has 0 atom stereocenters. The van der Waals surface area contributed by atoms with E-state index in [1.54, 1.807) is 0 Å². The molecule has 0 amide bonds. The average Bonchev–Trinajstić information content (AvgIpc) is 1.63. The average molecular weight is 155 g/mol. The van der Waals surface area contributed by atoms with E-state index in [0.29, 0.717) is 0 Å². The Morgan fingerprint density at radius 1 is 1.67 bits per heavy atom. The van der Waals surface area contributed by atoms with Crippen molar-refractivity contribution in [3.8, 4) is 0 Å². The van der Waals surface area contributed by atoms with E-state index in [9.17, 15) is 4.79 Å². The zero-order valence-corrected chi connectivity index (χ0v) is 5.68. The topological polar surface area (TPSA) is 89.8 Å². The lowest BCUT2D eigenvalue weighted by Gasteiger charge is -2.28. The molecule has 0 saturated carbocycles. The zero-order valence-electron chi connectivity index (χ0n) is 4.87. The van der Waals surface area contributed by atoms with Crippen LogP contribution in [0.3, 0.4) is 0 Å². The smallest absolute Gasteiger partial charge is 0.324 e. The second-order valence-electron chi connectivity index (χ2n) is 1.41. The minimum atomic E-state index is -3.07. The van der Waals surface area contributed by atoms with Crippen molar-refractivity contribution >= 4 is 16.7 Å². The molecule has 0 spiro atoms. The lowest BCUT2D eigenvalue weighted by Crippen LogP contribution is -2.22. The van der Waals surface area contributed by atoms with Gasteiger partial charge in [0.15, 0.2) is 5.75 Å². The summed E-state index contributed by atoms with van der Waals surface area (Å²) in [4.78, 5) is 9.83. The first kappa shape index (κ1) is 8.70. The molecule has 0 aromatic rings. The first-order valence-electron chi connectivity index (χ1n) is 2.14. The first-order chi connectivity index (χ1) is 3.98. The molecule has 0 aromatic carbocycles. The Morgan fingerprint density at radius 3 is 2.22 bits per heavy atom. The van der Waals surface area contributed by atoms with E-state index in [4.69, 9.17) is 14.2 Å². The number of hydrogen-bond donors (Lipinski definition) is 4. The molecule has 0 aromatic heterocycles. The Hall–Kier alpha value is -0.300. The third-order valence-electron chi connectivity index (χ3n) is 0.652. The van der Waals surface area contributed by atoms with Gasteiger partial charge in [-0.2, -0.15) is 0 Å². The van der Waals surface area contributed by atoms with Gasteiger partial charge in [0.05, 0.1) is 0 Å². The van der Waals surface area contributed by atoms with Crippen LogP contribution in [0.15, 0.2) is 0 Å². The predicted molar refractivity (Wildman–Crippen MR) is 34.4 cm³/mol. The maximum Gasteiger partial charge on any atom is 0.324 e. The van der Waals surface area contributed by atoms with Crippen LogP contribution in [0, 0.1) is 0 Å². The van der Waals surface area contributed by atoms with Gasteiger partial charge in [0.1, 0.15) is 0 Å². The molecule has 0 radical (unpaired) electrons. The molecule has 0 bridgehead atoms. The van der Waals surface area contributed by atoms with Gasteiger partial charge in [-0.3, -0.25) is 13.9 Å². The quantitative estimate of drug-likeness (QED) is 0.459. The van der Waals surface area contributed by atoms with Crippen molar-refractivity contribution in [3.05, 3.63) is 0 Å². The number of rotatable bonds is 3. The SMILES string of the molecule is CNS(O)(O)CC(=O)O. The van der Waals surface area contributed by atoms with Gasteiger partial charge in [0, 0.05) is 7.05 Å². The summed E-state index contributed by atoms with van der Waals surface area (Å²) in [6, 6.07) is 0. The van der Waals surface area contributed by atoms with Gasteiger partial charge in [-0.05, 0) is 0 Å². The van der Waals surface area contributed by atoms with E-state index in [1.807, 2.05) is 0 Å². The van der Waals surface area contributed by atoms with Crippen molar-refractivity contribution in [1.82, 2.24) is 4.72 Å². The van der Waals surface area contributed by atoms with Crippen LogP contribution in [0.2, 0.25) is 0 Å². The van der Waals surface area contributed by atoms with Gasteiger partial charge < -0.3 is 5.11 Å². The second kappa shape index (κ2) is 3.02. The molecule has 0 heterocycles. The first-order valence-corrected chi connectivity index (χ1v) is 3.86. The molecule has 0 aliphatic carbocycles. The van der Waals surface area contributed by atoms with Crippen LogP contribution in [0.1, 0.15) is 0 Å². The van der Waals surface area contributed by atoms with E-state index in [1.165, 1.54) is 7.05 Å². The molecule has 4 N–H and O–H groups in total. The largest absolute Gasteiger partial charge is 0.480 e. The van der Waals surface area contributed by atoms with Crippen molar-refractivity contribution in [1.29, 1.82) is 0 Å². The summed E-state index contributed by atoms with van der Waals surface area (Å²) >= 11 is 0. The summed E-state index contributed by atoms with van der Waals surface area (Å²) in [6.07, 6.45) is 0. The standard InChI is InChI=1S/C3H9NO4S/c1-4-9(7,8)2-3(5)6/h4,7-8H,2H2,1H3,(H,5,6). The molecule has 0 rings (SSSR count). The van der Waals surface area contributed by atoms with Crippen LogP contribution in [-0.4, -0.2) is 33.0 Å². The van der Waals surface area contributed by atoms with Crippen molar-refractivity contribution in [3.63, 3.8) is 0 Å². The van der Waals surface area contributed by atoms with Crippen molar-refractivity contribution in [2.24, 2.45) is 0 Å². The molecule has 0 unspecified atom stereocenters. The fourth-order valence-corrected chi connectivity index (χ4v) is 0.733. The highest BCUT2D eigenvalue weighted by Gasteiger charge is 2.12. The number of hydrogen-bond acceptors (Lipinski definition) is 4. The molecule has 0 aliphatic heterocycles. The zero-order chi connectivity index (χ0) is 7.49. The van der Waals surface area contributed by atoms with Crippen LogP contribution in [0.4, 0.5) is 0 Å². The molecular formula is C3H9NO4S. The van der Waals surface area contributed by atoms with Crippen LogP contribution in [-0.2, 0) is 4.79 Å². The molecular weight excluding hydrogens is 146 g/mol. The summed E-state index contributed by atoms with van der Waals surface area (Å²) in [7, 11) is -1.78. The Balaban J connectivity index is 3.71. The van der Waals surface area contributed by atoms with Gasteiger partial charge in [0.25, 0.3) is 0 Å². The molecule has 9 heavy (non-hydrogen) atoms. The van der Waals surface area contributed by atoms with Crippen LogP contribution < -0.4 is 4.72 Å². The minimum absolute atomic E-state index is 0.649. The molecule has 0 fully saturated rings. The molecule has 0 saturated heterocycles. The molecule has 5 nitrogen and oxygen atoms in total. The predicted octanol–water partition coefficient (Wildman–Crippen LogP) is -0.0440. The summed E-state index contributed by atoms with van der Waals surface area (Å²) < 4.78 is 19.4. The van der Waals surface area contributed by atoms with Gasteiger partial charge in [-0.1, -0.05) is 0 Å². The fraction of sp³-hybridized carbons (Fsp3) is 0.667. The van der Waals surface area contributed by atoms with E-state index >= 15 is 0 Å². The minimum Gasteiger partial charge on any atom is -0.480 e. The summed E-state index contributed by atoms with van der Waals surface area (Å²) in [5.41, 5.74) is 0. The van der Waals surface area contributed by atoms with Crippen molar-refractivity contribution in [2.45, 2.75) is 0 Å². The third-order valence-corrected chi connectivity index (χ3v) is 1.95. The Kier molecular flexibility index (Phi) is 2.92. The highest BCUT2D eigenvalue weighted by atomic mass is 32.3. The highest BCUT2D eigenvalue weighted by molar-refractivity contribution is 8.23. The number of carbonyl (C=O) groups is 1. The van der Waals surface area contributed by atoms with Gasteiger partial charge in [0.2, 0.25) is 0 Å². The second-order valence-corrected chi connectivity index (χ2v) is 3.44. The van der Waals surface area contributed by atoms with E-state index in [-0.39, 0.29) is 0 Å². The van der Waals surface area contributed by atoms with E-state index < -0.39 is 22.5 Å². The maximum atomic E-state index is 9.83. The van der Waals surface area contributed by atoms with Gasteiger partial charge in [-0.25, -0.2) is 4.72 Å². The normalized spacial score (nSPS) is 13.2. The number of carboxylic acid groups (broad SMARTS) is 1. The molecule has 6 heteroatoms. The monoisotopic (exact) mass is 155 g/mol. The highest BCUT2D eigenvalue weighted by Crippen LogP contribution is 2.30. The van der Waals surface area contributed by atoms with Crippen LogP contribution in [0.25, 0.3) is 0 Å². The van der Waals surface area contributed by atoms with Crippen LogP contribution in [0.5, 0.6) is 0 Å². The molecule has 56 valence electrons. The molecule has 0 aliphatic rings. The number of nitrogens with one attached hydrogen (secondary N) is 1. The lowest BCUT2D eigenvalue weighted by molar-refractivity contribution is -0.134. The lowest BCUT2D eigenvalue weighted by atomic mass is 10.8. The van der Waals surface area contributed by atoms with Crippen molar-refractivity contribution in [2.75, 3.05) is 12.8 Å². The Morgan fingerprint density at radius 2 is 2.11 bits per heavy atom.